The first-order valence-electron chi connectivity index (χ1n) is 5.85. The van der Waals surface area contributed by atoms with Crippen LogP contribution >= 0.6 is 0 Å². The molecule has 0 spiro atoms. The van der Waals surface area contributed by atoms with Gasteiger partial charge in [0, 0.05) is 11.3 Å². The summed E-state index contributed by atoms with van der Waals surface area (Å²) in [5.74, 6) is 0. The van der Waals surface area contributed by atoms with Crippen molar-refractivity contribution in [1.29, 1.82) is 0 Å². The fraction of sp³-hybridized carbons (Fsp3) is 0.357. The fourth-order valence-corrected chi connectivity index (χ4v) is 2.23. The molecule has 1 aromatic heterocycles. The second-order valence-corrected chi connectivity index (χ2v) is 4.40. The van der Waals surface area contributed by atoms with Gasteiger partial charge in [-0.2, -0.15) is 5.10 Å². The van der Waals surface area contributed by atoms with E-state index in [1.54, 1.807) is 6.92 Å². The van der Waals surface area contributed by atoms with Crippen LogP contribution in [-0.4, -0.2) is 14.9 Å². The van der Waals surface area contributed by atoms with Gasteiger partial charge in [-0.3, -0.25) is 4.68 Å². The number of benzene rings is 1. The molecule has 0 aliphatic carbocycles. The van der Waals surface area contributed by atoms with Crippen molar-refractivity contribution in [2.24, 2.45) is 0 Å². The van der Waals surface area contributed by atoms with Crippen molar-refractivity contribution in [1.82, 2.24) is 9.78 Å². The number of aliphatic hydroxyl groups excluding tert-OH is 1. The van der Waals surface area contributed by atoms with Crippen LogP contribution in [0.2, 0.25) is 0 Å². The van der Waals surface area contributed by atoms with Crippen molar-refractivity contribution in [3.63, 3.8) is 0 Å². The predicted octanol–water partition coefficient (Wildman–Crippen LogP) is 2.60. The van der Waals surface area contributed by atoms with Gasteiger partial charge in [0.2, 0.25) is 0 Å². The Morgan fingerprint density at radius 3 is 2.41 bits per heavy atom. The normalized spacial score (nSPS) is 12.7. The number of nitrogens with zero attached hydrogens (tertiary/aromatic N) is 2. The second-order valence-electron chi connectivity index (χ2n) is 4.40. The minimum Gasteiger partial charge on any atom is -0.389 e. The van der Waals surface area contributed by atoms with E-state index < -0.39 is 6.10 Å². The summed E-state index contributed by atoms with van der Waals surface area (Å²) >= 11 is 0. The Bertz CT molecular complexity index is 500. The van der Waals surface area contributed by atoms with Gasteiger partial charge in [-0.25, -0.2) is 0 Å². The molecule has 90 valence electrons. The summed E-state index contributed by atoms with van der Waals surface area (Å²) in [6, 6.07) is 10.2. The quantitative estimate of drug-likeness (QED) is 0.880. The lowest BCUT2D eigenvalue weighted by Gasteiger charge is -2.07. The van der Waals surface area contributed by atoms with Crippen molar-refractivity contribution in [2.75, 3.05) is 0 Å². The SMILES string of the molecule is Cc1nn(Cc2ccccc2)c(C)c1[C@@H](C)O. The van der Waals surface area contributed by atoms with E-state index in [9.17, 15) is 5.11 Å². The molecule has 3 heteroatoms. The van der Waals surface area contributed by atoms with Gasteiger partial charge < -0.3 is 5.11 Å². The molecule has 17 heavy (non-hydrogen) atoms. The van der Waals surface area contributed by atoms with Crippen LogP contribution in [0.25, 0.3) is 0 Å². The fourth-order valence-electron chi connectivity index (χ4n) is 2.23. The first-order valence-corrected chi connectivity index (χ1v) is 5.85. The number of aliphatic hydroxyl groups is 1. The molecule has 1 N–H and O–H groups in total. The molecule has 2 aromatic rings. The molecule has 0 saturated heterocycles. The maximum absolute atomic E-state index is 9.71. The highest BCUT2D eigenvalue weighted by Crippen LogP contribution is 2.21. The standard InChI is InChI=1S/C14H18N2O/c1-10-14(12(3)17)11(2)16(15-10)9-13-7-5-4-6-8-13/h4-8,12,17H,9H2,1-3H3/t12-/m1/s1. The Labute approximate surface area is 102 Å². The summed E-state index contributed by atoms with van der Waals surface area (Å²) < 4.78 is 1.95. The van der Waals surface area contributed by atoms with E-state index in [0.717, 1.165) is 23.5 Å². The molecule has 0 unspecified atom stereocenters. The lowest BCUT2D eigenvalue weighted by molar-refractivity contribution is 0.197. The van der Waals surface area contributed by atoms with Crippen LogP contribution in [0.15, 0.2) is 30.3 Å². The number of aryl methyl sites for hydroxylation is 1. The third kappa shape index (κ3) is 2.39. The molecule has 0 aliphatic rings. The molecule has 1 aromatic carbocycles. The predicted molar refractivity (Wildman–Crippen MR) is 67.9 cm³/mol. The van der Waals surface area contributed by atoms with Crippen molar-refractivity contribution in [3.8, 4) is 0 Å². The van der Waals surface area contributed by atoms with E-state index in [1.807, 2.05) is 36.7 Å². The van der Waals surface area contributed by atoms with Gasteiger partial charge in [0.1, 0.15) is 0 Å². The number of aromatic nitrogens is 2. The van der Waals surface area contributed by atoms with Crippen molar-refractivity contribution in [3.05, 3.63) is 52.8 Å². The molecule has 0 fully saturated rings. The Kier molecular flexibility index (Phi) is 3.29. The van der Waals surface area contributed by atoms with Crippen LogP contribution in [0, 0.1) is 13.8 Å². The van der Waals surface area contributed by atoms with Crippen LogP contribution in [0.5, 0.6) is 0 Å². The van der Waals surface area contributed by atoms with Crippen molar-refractivity contribution >= 4 is 0 Å². The molecule has 0 aliphatic heterocycles. The van der Waals surface area contributed by atoms with Crippen molar-refractivity contribution < 1.29 is 5.11 Å². The summed E-state index contributed by atoms with van der Waals surface area (Å²) in [6.07, 6.45) is -0.459. The van der Waals surface area contributed by atoms with Crippen LogP contribution in [0.4, 0.5) is 0 Å². The van der Waals surface area contributed by atoms with E-state index in [-0.39, 0.29) is 0 Å². The minimum absolute atomic E-state index is 0.459. The van der Waals surface area contributed by atoms with Gasteiger partial charge in [0.15, 0.2) is 0 Å². The van der Waals surface area contributed by atoms with Gasteiger partial charge in [-0.1, -0.05) is 30.3 Å². The van der Waals surface area contributed by atoms with Crippen LogP contribution in [0.1, 0.15) is 35.5 Å². The van der Waals surface area contributed by atoms with E-state index in [4.69, 9.17) is 0 Å². The molecular weight excluding hydrogens is 212 g/mol. The van der Waals surface area contributed by atoms with E-state index in [0.29, 0.717) is 0 Å². The Morgan fingerprint density at radius 1 is 1.24 bits per heavy atom. The Balaban J connectivity index is 2.32. The highest BCUT2D eigenvalue weighted by atomic mass is 16.3. The lowest BCUT2D eigenvalue weighted by atomic mass is 10.1. The second kappa shape index (κ2) is 4.72. The van der Waals surface area contributed by atoms with Gasteiger partial charge in [0.05, 0.1) is 18.3 Å². The first kappa shape index (κ1) is 11.9. The summed E-state index contributed by atoms with van der Waals surface area (Å²) in [5.41, 5.74) is 4.12. The molecular formula is C14H18N2O. The zero-order valence-corrected chi connectivity index (χ0v) is 10.5. The monoisotopic (exact) mass is 230 g/mol. The van der Waals surface area contributed by atoms with Crippen LogP contribution in [-0.2, 0) is 6.54 Å². The van der Waals surface area contributed by atoms with Crippen LogP contribution in [0.3, 0.4) is 0 Å². The third-order valence-electron chi connectivity index (χ3n) is 3.03. The zero-order chi connectivity index (χ0) is 12.4. The smallest absolute Gasteiger partial charge is 0.0797 e. The van der Waals surface area contributed by atoms with E-state index in [1.165, 1.54) is 5.56 Å². The van der Waals surface area contributed by atoms with Crippen LogP contribution < -0.4 is 0 Å². The molecule has 0 amide bonds. The Hall–Kier alpha value is -1.61. The number of hydrogen-bond acceptors (Lipinski definition) is 2. The molecule has 2 rings (SSSR count). The molecule has 1 heterocycles. The van der Waals surface area contributed by atoms with E-state index in [2.05, 4.69) is 17.2 Å². The molecule has 0 bridgehead atoms. The van der Waals surface area contributed by atoms with E-state index >= 15 is 0 Å². The topological polar surface area (TPSA) is 38.0 Å². The number of hydrogen-bond donors (Lipinski definition) is 1. The van der Waals surface area contributed by atoms with Gasteiger partial charge in [0.25, 0.3) is 0 Å². The minimum atomic E-state index is -0.459. The summed E-state index contributed by atoms with van der Waals surface area (Å²) in [6.45, 7) is 6.48. The molecule has 3 nitrogen and oxygen atoms in total. The molecule has 1 atom stereocenters. The first-order chi connectivity index (χ1) is 8.09. The lowest BCUT2D eigenvalue weighted by Crippen LogP contribution is -2.04. The average Bonchev–Trinajstić information content (AvgIpc) is 2.55. The summed E-state index contributed by atoms with van der Waals surface area (Å²) in [4.78, 5) is 0. The third-order valence-corrected chi connectivity index (χ3v) is 3.03. The number of rotatable bonds is 3. The van der Waals surface area contributed by atoms with Gasteiger partial charge >= 0.3 is 0 Å². The summed E-state index contributed by atoms with van der Waals surface area (Å²) in [7, 11) is 0. The van der Waals surface area contributed by atoms with Gasteiger partial charge in [-0.05, 0) is 26.3 Å². The molecule has 0 saturated carbocycles. The highest BCUT2D eigenvalue weighted by Gasteiger charge is 2.15. The average molecular weight is 230 g/mol. The Morgan fingerprint density at radius 2 is 1.88 bits per heavy atom. The summed E-state index contributed by atoms with van der Waals surface area (Å²) in [5, 5.41) is 14.2. The maximum atomic E-state index is 9.71. The van der Waals surface area contributed by atoms with Crippen molar-refractivity contribution in [2.45, 2.75) is 33.4 Å². The molecule has 0 radical (unpaired) electrons. The largest absolute Gasteiger partial charge is 0.389 e. The zero-order valence-electron chi connectivity index (χ0n) is 10.5. The van der Waals surface area contributed by atoms with Gasteiger partial charge in [-0.15, -0.1) is 0 Å². The maximum Gasteiger partial charge on any atom is 0.0797 e. The highest BCUT2D eigenvalue weighted by molar-refractivity contribution is 5.27.